The Kier molecular flexibility index (Phi) is 3.23. The second kappa shape index (κ2) is 4.25. The molecule has 1 aromatic carbocycles. The predicted octanol–water partition coefficient (Wildman–Crippen LogP) is 1.49. The summed E-state index contributed by atoms with van der Waals surface area (Å²) in [5, 5.41) is 4.65. The van der Waals surface area contributed by atoms with Gasteiger partial charge in [-0.3, -0.25) is 0 Å². The fourth-order valence-electron chi connectivity index (χ4n) is 0.978. The Hall–Kier alpha value is -1.66. The van der Waals surface area contributed by atoms with E-state index < -0.39 is 18.5 Å². The SMILES string of the molecule is CNC(=O)Nc1ccc([B-](F)(F)F)cc1. The number of hydrogen-bond acceptors (Lipinski definition) is 1. The van der Waals surface area contributed by atoms with Crippen molar-refractivity contribution < 1.29 is 17.7 Å². The number of amides is 2. The zero-order valence-electron chi connectivity index (χ0n) is 7.93. The Balaban J connectivity index is 2.77. The molecule has 0 aliphatic carbocycles. The van der Waals surface area contributed by atoms with E-state index in [0.29, 0.717) is 5.69 Å². The van der Waals surface area contributed by atoms with Crippen LogP contribution < -0.4 is 16.1 Å². The molecule has 0 spiro atoms. The molecule has 0 radical (unpaired) electrons. The minimum Gasteiger partial charge on any atom is -0.445 e. The Bertz CT molecular complexity index is 350. The van der Waals surface area contributed by atoms with Gasteiger partial charge in [0.15, 0.2) is 0 Å². The predicted molar refractivity (Wildman–Crippen MR) is 53.2 cm³/mol. The van der Waals surface area contributed by atoms with Crippen LogP contribution in [0.5, 0.6) is 0 Å². The maximum absolute atomic E-state index is 12.2. The van der Waals surface area contributed by atoms with Crippen molar-refractivity contribution in [1.82, 2.24) is 5.32 Å². The van der Waals surface area contributed by atoms with E-state index in [1.54, 1.807) is 0 Å². The number of carbonyl (C=O) groups is 1. The number of urea groups is 1. The van der Waals surface area contributed by atoms with Gasteiger partial charge in [0.05, 0.1) is 0 Å². The maximum Gasteiger partial charge on any atom is 0.509 e. The number of carbonyl (C=O) groups excluding carboxylic acids is 1. The molecule has 0 fully saturated rings. The molecule has 1 rings (SSSR count). The first kappa shape index (κ1) is 11.4. The van der Waals surface area contributed by atoms with E-state index in [0.717, 1.165) is 12.1 Å². The summed E-state index contributed by atoms with van der Waals surface area (Å²) in [6, 6.07) is 3.82. The van der Waals surface area contributed by atoms with Gasteiger partial charge < -0.3 is 23.6 Å². The summed E-state index contributed by atoms with van der Waals surface area (Å²) in [5.74, 6) is 0. The first-order valence-corrected chi connectivity index (χ1v) is 4.22. The highest BCUT2D eigenvalue weighted by Crippen LogP contribution is 2.11. The van der Waals surface area contributed by atoms with Crippen molar-refractivity contribution in [2.24, 2.45) is 0 Å². The van der Waals surface area contributed by atoms with Crippen LogP contribution in [0.1, 0.15) is 0 Å². The van der Waals surface area contributed by atoms with Crippen molar-refractivity contribution in [2.75, 3.05) is 12.4 Å². The van der Waals surface area contributed by atoms with Crippen molar-refractivity contribution >= 4 is 24.2 Å². The number of benzene rings is 1. The van der Waals surface area contributed by atoms with Gasteiger partial charge in [-0.15, -0.1) is 5.46 Å². The molecular weight excluding hydrogens is 208 g/mol. The fourth-order valence-corrected chi connectivity index (χ4v) is 0.978. The average Bonchev–Trinajstić information content (AvgIpc) is 2.17. The van der Waals surface area contributed by atoms with Gasteiger partial charge in [0, 0.05) is 12.7 Å². The van der Waals surface area contributed by atoms with Gasteiger partial charge in [-0.2, -0.15) is 0 Å². The molecule has 0 atom stereocenters. The highest BCUT2D eigenvalue weighted by atomic mass is 19.4. The van der Waals surface area contributed by atoms with Crippen LogP contribution in [-0.2, 0) is 0 Å². The molecule has 0 saturated heterocycles. The van der Waals surface area contributed by atoms with Crippen molar-refractivity contribution in [3.63, 3.8) is 0 Å². The lowest BCUT2D eigenvalue weighted by Crippen LogP contribution is -2.33. The molecule has 7 heteroatoms. The molecule has 82 valence electrons. The fraction of sp³-hybridized carbons (Fsp3) is 0.125. The third-order valence-corrected chi connectivity index (χ3v) is 1.77. The van der Waals surface area contributed by atoms with Crippen molar-refractivity contribution in [2.45, 2.75) is 0 Å². The summed E-state index contributed by atoms with van der Waals surface area (Å²) in [4.78, 5) is 10.8. The van der Waals surface area contributed by atoms with Gasteiger partial charge in [0.25, 0.3) is 0 Å². The molecule has 0 aromatic heterocycles. The summed E-state index contributed by atoms with van der Waals surface area (Å²) in [6.07, 6.45) is 0. The van der Waals surface area contributed by atoms with Gasteiger partial charge in [0.1, 0.15) is 0 Å². The van der Waals surface area contributed by atoms with Gasteiger partial charge >= 0.3 is 13.0 Å². The quantitative estimate of drug-likeness (QED) is 0.724. The monoisotopic (exact) mass is 217 g/mol. The number of nitrogens with one attached hydrogen (secondary N) is 2. The lowest BCUT2D eigenvalue weighted by molar-refractivity contribution is 0.254. The molecule has 0 bridgehead atoms. The Morgan fingerprint density at radius 2 is 1.73 bits per heavy atom. The van der Waals surface area contributed by atoms with Crippen LogP contribution in [0, 0.1) is 0 Å². The van der Waals surface area contributed by atoms with Gasteiger partial charge in [-0.05, 0) is 12.1 Å². The first-order chi connectivity index (χ1) is 6.93. The minimum absolute atomic E-state index is 0.318. The van der Waals surface area contributed by atoms with E-state index in [1.165, 1.54) is 19.2 Å². The van der Waals surface area contributed by atoms with E-state index in [4.69, 9.17) is 0 Å². The summed E-state index contributed by atoms with van der Waals surface area (Å²) in [5.41, 5.74) is -0.365. The highest BCUT2D eigenvalue weighted by molar-refractivity contribution is 6.73. The molecule has 0 aliphatic rings. The second-order valence-corrected chi connectivity index (χ2v) is 2.90. The van der Waals surface area contributed by atoms with Crippen LogP contribution in [0.15, 0.2) is 24.3 Å². The van der Waals surface area contributed by atoms with Crippen LogP contribution in [0.3, 0.4) is 0 Å². The minimum atomic E-state index is -4.98. The maximum atomic E-state index is 12.2. The van der Waals surface area contributed by atoms with Gasteiger partial charge in [-0.1, -0.05) is 12.1 Å². The highest BCUT2D eigenvalue weighted by Gasteiger charge is 2.24. The van der Waals surface area contributed by atoms with Crippen molar-refractivity contribution in [3.8, 4) is 0 Å². The molecule has 3 nitrogen and oxygen atoms in total. The molecule has 2 N–H and O–H groups in total. The largest absolute Gasteiger partial charge is 0.509 e. The van der Waals surface area contributed by atoms with Crippen LogP contribution in [0.4, 0.5) is 23.4 Å². The third-order valence-electron chi connectivity index (χ3n) is 1.77. The number of rotatable bonds is 2. The summed E-state index contributed by atoms with van der Waals surface area (Å²) in [6.45, 7) is -4.98. The van der Waals surface area contributed by atoms with Gasteiger partial charge in [0.2, 0.25) is 0 Å². The number of anilines is 1. The summed E-state index contributed by atoms with van der Waals surface area (Å²) < 4.78 is 36.6. The Morgan fingerprint density at radius 3 is 2.13 bits per heavy atom. The van der Waals surface area contributed by atoms with E-state index in [-0.39, 0.29) is 0 Å². The number of halogens is 3. The lowest BCUT2D eigenvalue weighted by atomic mass is 9.80. The molecule has 0 unspecified atom stereocenters. The molecular formula is C8H9BF3N2O-. The van der Waals surface area contributed by atoms with Crippen LogP contribution in [0.25, 0.3) is 0 Å². The molecule has 2 amide bonds. The topological polar surface area (TPSA) is 41.1 Å². The lowest BCUT2D eigenvalue weighted by Gasteiger charge is -2.15. The second-order valence-electron chi connectivity index (χ2n) is 2.90. The normalized spacial score (nSPS) is 10.9. The summed E-state index contributed by atoms with van der Waals surface area (Å²) in [7, 11) is 1.42. The van der Waals surface area contributed by atoms with Crippen molar-refractivity contribution in [1.29, 1.82) is 0 Å². The first-order valence-electron chi connectivity index (χ1n) is 4.22. The smallest absolute Gasteiger partial charge is 0.445 e. The van der Waals surface area contributed by atoms with Gasteiger partial charge in [-0.25, -0.2) is 4.79 Å². The van der Waals surface area contributed by atoms with Crippen LogP contribution in [-0.4, -0.2) is 20.1 Å². The zero-order valence-corrected chi connectivity index (χ0v) is 7.93. The Morgan fingerprint density at radius 1 is 1.20 bits per heavy atom. The zero-order chi connectivity index (χ0) is 11.5. The van der Waals surface area contributed by atoms with E-state index in [9.17, 15) is 17.7 Å². The van der Waals surface area contributed by atoms with E-state index in [1.807, 2.05) is 0 Å². The van der Waals surface area contributed by atoms with Crippen LogP contribution in [0.2, 0.25) is 0 Å². The summed E-state index contributed by atoms with van der Waals surface area (Å²) >= 11 is 0. The molecule has 0 heterocycles. The molecule has 15 heavy (non-hydrogen) atoms. The van der Waals surface area contributed by atoms with E-state index >= 15 is 0 Å². The number of hydrogen-bond donors (Lipinski definition) is 2. The Labute approximate surface area is 84.7 Å². The molecule has 0 saturated carbocycles. The third kappa shape index (κ3) is 3.19. The molecule has 0 aliphatic heterocycles. The average molecular weight is 217 g/mol. The van der Waals surface area contributed by atoms with Crippen molar-refractivity contribution in [3.05, 3.63) is 24.3 Å². The van der Waals surface area contributed by atoms with Crippen LogP contribution >= 0.6 is 0 Å². The standard InChI is InChI=1S/C8H9BF3N2O/c1-13-8(15)14-7-4-2-6(3-5-7)9(10,11)12/h2-5H,1H3,(H2,13,14,15)/q-1. The van der Waals surface area contributed by atoms with E-state index in [2.05, 4.69) is 10.6 Å². The molecule has 1 aromatic rings.